The van der Waals surface area contributed by atoms with E-state index in [1.807, 2.05) is 51.1 Å². The molecule has 3 rings (SSSR count). The van der Waals surface area contributed by atoms with E-state index in [2.05, 4.69) is 5.32 Å². The van der Waals surface area contributed by atoms with Crippen molar-refractivity contribution in [2.24, 2.45) is 5.92 Å². The molecule has 1 aliphatic heterocycles. The van der Waals surface area contributed by atoms with Gasteiger partial charge in [0.25, 0.3) is 5.91 Å². The highest BCUT2D eigenvalue weighted by Crippen LogP contribution is 2.38. The first kappa shape index (κ1) is 27.8. The summed E-state index contributed by atoms with van der Waals surface area (Å²) in [6.07, 6.45) is 0.887. The summed E-state index contributed by atoms with van der Waals surface area (Å²) in [7, 11) is 0. The molecule has 10 heteroatoms. The van der Waals surface area contributed by atoms with Gasteiger partial charge in [0.1, 0.15) is 10.1 Å². The summed E-state index contributed by atoms with van der Waals surface area (Å²) >= 11 is 24.8. The molecule has 1 heterocycles. The van der Waals surface area contributed by atoms with Crippen molar-refractivity contribution in [3.63, 3.8) is 0 Å². The molecule has 0 spiro atoms. The molecule has 0 bridgehead atoms. The Hall–Kier alpha value is -1.77. The Morgan fingerprint density at radius 3 is 2.31 bits per heavy atom. The van der Waals surface area contributed by atoms with Gasteiger partial charge in [-0.15, -0.1) is 0 Å². The van der Waals surface area contributed by atoms with Gasteiger partial charge in [0.15, 0.2) is 0 Å². The van der Waals surface area contributed by atoms with Crippen molar-refractivity contribution in [1.29, 1.82) is 0 Å². The lowest BCUT2D eigenvalue weighted by molar-refractivity contribution is -0.124. The summed E-state index contributed by atoms with van der Waals surface area (Å²) in [5.74, 6) is 0.128. The molecule has 2 unspecified atom stereocenters. The highest BCUT2D eigenvalue weighted by Gasteiger charge is 2.37. The molecule has 0 aliphatic carbocycles. The number of thiocarbonyl (C=S) groups is 1. The number of hydrogen-bond donors (Lipinski definition) is 1. The van der Waals surface area contributed by atoms with E-state index >= 15 is 0 Å². The third-order valence-corrected chi connectivity index (χ3v) is 7.03. The molecule has 2 aromatic carbocycles. The third-order valence-electron chi connectivity index (χ3n) is 5.11. The highest BCUT2D eigenvalue weighted by atomic mass is 35.6. The zero-order valence-electron chi connectivity index (χ0n) is 19.3. The topological polar surface area (TPSA) is 58.6 Å². The number of hydrogen-bond acceptors (Lipinski definition) is 5. The Labute approximate surface area is 230 Å². The van der Waals surface area contributed by atoms with Crippen LogP contribution in [-0.2, 0) is 9.59 Å². The van der Waals surface area contributed by atoms with Crippen molar-refractivity contribution >= 4 is 81.0 Å². The first-order valence-electron chi connectivity index (χ1n) is 10.9. The molecule has 1 N–H and O–H groups in total. The molecule has 35 heavy (non-hydrogen) atoms. The summed E-state index contributed by atoms with van der Waals surface area (Å²) in [6, 6.07) is 16.5. The van der Waals surface area contributed by atoms with Gasteiger partial charge in [-0.05, 0) is 42.2 Å². The quantitative estimate of drug-likeness (QED) is 0.162. The van der Waals surface area contributed by atoms with Crippen LogP contribution < -0.4 is 10.1 Å². The number of nitrogens with zero attached hydrogens (tertiary/aromatic N) is 1. The van der Waals surface area contributed by atoms with Crippen LogP contribution in [0.15, 0.2) is 59.5 Å². The molecule has 0 aromatic heterocycles. The minimum absolute atomic E-state index is 0.138. The number of amides is 2. The number of benzene rings is 2. The molecule has 5 nitrogen and oxygen atoms in total. The first-order chi connectivity index (χ1) is 16.5. The van der Waals surface area contributed by atoms with Gasteiger partial charge in [0, 0.05) is 6.42 Å². The molecule has 0 saturated carbocycles. The predicted molar refractivity (Wildman–Crippen MR) is 149 cm³/mol. The van der Waals surface area contributed by atoms with Gasteiger partial charge < -0.3 is 10.1 Å². The van der Waals surface area contributed by atoms with Gasteiger partial charge in [0.05, 0.1) is 10.9 Å². The van der Waals surface area contributed by atoms with E-state index in [9.17, 15) is 9.59 Å². The Morgan fingerprint density at radius 2 is 1.74 bits per heavy atom. The molecular formula is C25H25Cl3N2O3S2. The Bertz CT molecular complexity index is 1100. The fourth-order valence-corrected chi connectivity index (χ4v) is 5.09. The molecular weight excluding hydrogens is 547 g/mol. The number of thioether (sulfide) groups is 1. The first-order valence-corrected chi connectivity index (χ1v) is 13.3. The molecule has 2 aromatic rings. The van der Waals surface area contributed by atoms with Crippen LogP contribution in [0.2, 0.25) is 0 Å². The summed E-state index contributed by atoms with van der Waals surface area (Å²) in [4.78, 5) is 27.4. The van der Waals surface area contributed by atoms with E-state index in [4.69, 9.17) is 51.8 Å². The van der Waals surface area contributed by atoms with Crippen molar-refractivity contribution in [3.8, 4) is 5.75 Å². The normalized spacial score (nSPS) is 17.1. The van der Waals surface area contributed by atoms with Gasteiger partial charge in [-0.3, -0.25) is 14.5 Å². The van der Waals surface area contributed by atoms with E-state index in [-0.39, 0.29) is 30.2 Å². The number of rotatable bonds is 8. The molecule has 1 aliphatic rings. The van der Waals surface area contributed by atoms with E-state index in [0.29, 0.717) is 15.0 Å². The summed E-state index contributed by atoms with van der Waals surface area (Å²) in [6.45, 7) is 5.79. The van der Waals surface area contributed by atoms with E-state index in [0.717, 1.165) is 11.1 Å². The van der Waals surface area contributed by atoms with Crippen molar-refractivity contribution < 1.29 is 14.3 Å². The maximum Gasteiger partial charge on any atom is 0.266 e. The SMILES string of the molecule is CC(C)CC(=O)NC(Oc1ccc(C=C2SC(=S)N(C(C)c3ccccc3)C2=O)cc1)C(Cl)(Cl)Cl. The molecule has 186 valence electrons. The van der Waals surface area contributed by atoms with Crippen LogP contribution in [-0.4, -0.2) is 31.1 Å². The average molecular weight is 572 g/mol. The maximum absolute atomic E-state index is 13.1. The average Bonchev–Trinajstić information content (AvgIpc) is 3.06. The second-order valence-electron chi connectivity index (χ2n) is 8.41. The number of nitrogens with one attached hydrogen (secondary N) is 1. The third kappa shape index (κ3) is 7.61. The molecule has 1 saturated heterocycles. The number of ether oxygens (including phenoxy) is 1. The Balaban J connectivity index is 1.71. The number of alkyl halides is 3. The smallest absolute Gasteiger partial charge is 0.266 e. The lowest BCUT2D eigenvalue weighted by atomic mass is 10.1. The minimum atomic E-state index is -1.87. The Kier molecular flexibility index (Phi) is 9.52. The van der Waals surface area contributed by atoms with E-state index in [1.165, 1.54) is 11.8 Å². The molecule has 0 radical (unpaired) electrons. The second-order valence-corrected chi connectivity index (χ2v) is 12.5. The van der Waals surface area contributed by atoms with Crippen molar-refractivity contribution in [3.05, 3.63) is 70.6 Å². The van der Waals surface area contributed by atoms with E-state index < -0.39 is 10.0 Å². The largest absolute Gasteiger partial charge is 0.466 e. The standard InChI is InChI=1S/C25H25Cl3N2O3S2/c1-15(2)13-21(31)29-23(25(26,27)28)33-19-11-9-17(10-12-19)14-20-22(32)30(24(34)35-20)16(3)18-7-5-4-6-8-18/h4-12,14-16,23H,13H2,1-3H3,(H,29,31). The maximum atomic E-state index is 13.1. The zero-order chi connectivity index (χ0) is 25.8. The highest BCUT2D eigenvalue weighted by molar-refractivity contribution is 8.26. The van der Waals surface area contributed by atoms with Crippen LogP contribution in [0.5, 0.6) is 5.75 Å². The minimum Gasteiger partial charge on any atom is -0.466 e. The van der Waals surface area contributed by atoms with Crippen LogP contribution >= 0.6 is 58.8 Å². The van der Waals surface area contributed by atoms with Crippen molar-refractivity contribution in [2.45, 2.75) is 43.3 Å². The predicted octanol–water partition coefficient (Wildman–Crippen LogP) is 6.89. The van der Waals surface area contributed by atoms with Crippen LogP contribution in [0.3, 0.4) is 0 Å². The van der Waals surface area contributed by atoms with Crippen LogP contribution in [0.25, 0.3) is 6.08 Å². The lowest BCUT2D eigenvalue weighted by Crippen LogP contribution is -2.48. The van der Waals surface area contributed by atoms with Crippen molar-refractivity contribution in [2.75, 3.05) is 0 Å². The van der Waals surface area contributed by atoms with Crippen molar-refractivity contribution in [1.82, 2.24) is 10.2 Å². The molecule has 2 atom stereocenters. The van der Waals surface area contributed by atoms with E-state index in [1.54, 1.807) is 35.2 Å². The fourth-order valence-electron chi connectivity index (χ4n) is 3.38. The van der Waals surface area contributed by atoms with Crippen LogP contribution in [0, 0.1) is 5.92 Å². The Morgan fingerprint density at radius 1 is 1.11 bits per heavy atom. The summed E-state index contributed by atoms with van der Waals surface area (Å²) in [5, 5.41) is 2.61. The zero-order valence-corrected chi connectivity index (χ0v) is 23.2. The molecule has 2 amide bonds. The van der Waals surface area contributed by atoms with Gasteiger partial charge in [-0.1, -0.05) is 115 Å². The van der Waals surface area contributed by atoms with Crippen LogP contribution in [0.4, 0.5) is 0 Å². The second kappa shape index (κ2) is 12.0. The summed E-state index contributed by atoms with van der Waals surface area (Å²) < 4.78 is 4.39. The van der Waals surface area contributed by atoms with Gasteiger partial charge >= 0.3 is 0 Å². The van der Waals surface area contributed by atoms with Gasteiger partial charge in [0.2, 0.25) is 15.9 Å². The van der Waals surface area contributed by atoms with Gasteiger partial charge in [-0.25, -0.2) is 0 Å². The number of carbonyl (C=O) groups is 2. The van der Waals surface area contributed by atoms with Gasteiger partial charge in [-0.2, -0.15) is 0 Å². The lowest BCUT2D eigenvalue weighted by Gasteiger charge is -2.26. The fraction of sp³-hybridized carbons (Fsp3) is 0.320. The van der Waals surface area contributed by atoms with Crippen LogP contribution in [0.1, 0.15) is 44.4 Å². The number of halogens is 3. The monoisotopic (exact) mass is 570 g/mol. The molecule has 1 fully saturated rings. The number of carbonyl (C=O) groups excluding carboxylic acids is 2. The summed E-state index contributed by atoms with van der Waals surface area (Å²) in [5.41, 5.74) is 1.79.